The third kappa shape index (κ3) is 7.33. The zero-order valence-corrected chi connectivity index (χ0v) is 13.8. The summed E-state index contributed by atoms with van der Waals surface area (Å²) in [7, 11) is 0. The van der Waals surface area contributed by atoms with Crippen LogP contribution in [0.15, 0.2) is 24.3 Å². The smallest absolute Gasteiger partial charge is 0.326 e. The van der Waals surface area contributed by atoms with Crippen LogP contribution in [0.25, 0.3) is 0 Å². The van der Waals surface area contributed by atoms with Gasteiger partial charge in [-0.3, -0.25) is 10.2 Å². The lowest BCUT2D eigenvalue weighted by molar-refractivity contribution is -0.115. The first kappa shape index (κ1) is 18.3. The summed E-state index contributed by atoms with van der Waals surface area (Å²) in [6.07, 6.45) is 1.67. The van der Waals surface area contributed by atoms with Crippen molar-refractivity contribution in [3.63, 3.8) is 0 Å². The topological polar surface area (TPSA) is 96.2 Å². The summed E-state index contributed by atoms with van der Waals surface area (Å²) in [5, 5.41) is 5.37. The number of anilines is 2. The second-order valence-corrected chi connectivity index (χ2v) is 6.21. The summed E-state index contributed by atoms with van der Waals surface area (Å²) in [6, 6.07) is 6.37. The standard InChI is InChI=1S/C15H24N4O2S/c1-3-11(2)10-22-9-8-14(20)17-12-4-6-13(7-5-12)18-15(21)19-16/h4-7,11H,3,8-10,16H2,1-2H3,(H,17,20)(H2,18,19,21). The molecule has 1 aromatic rings. The van der Waals surface area contributed by atoms with Crippen LogP contribution >= 0.6 is 11.8 Å². The Labute approximate surface area is 135 Å². The number of thioether (sulfide) groups is 1. The first-order valence-corrected chi connectivity index (χ1v) is 8.45. The average molecular weight is 324 g/mol. The van der Waals surface area contributed by atoms with E-state index in [0.29, 0.717) is 23.7 Å². The second kappa shape index (κ2) is 10.1. The second-order valence-electron chi connectivity index (χ2n) is 5.06. The molecule has 0 radical (unpaired) electrons. The van der Waals surface area contributed by atoms with Gasteiger partial charge in [0.2, 0.25) is 5.91 Å². The Bertz CT molecular complexity index is 479. The molecule has 0 fully saturated rings. The minimum Gasteiger partial charge on any atom is -0.326 e. The zero-order valence-electron chi connectivity index (χ0n) is 13.0. The van der Waals surface area contributed by atoms with Crippen molar-refractivity contribution in [2.24, 2.45) is 11.8 Å². The number of rotatable bonds is 8. The van der Waals surface area contributed by atoms with E-state index in [4.69, 9.17) is 5.84 Å². The lowest BCUT2D eigenvalue weighted by Crippen LogP contribution is -2.34. The molecule has 0 heterocycles. The molecule has 22 heavy (non-hydrogen) atoms. The fourth-order valence-electron chi connectivity index (χ4n) is 1.59. The molecule has 1 rings (SSSR count). The number of hydrazine groups is 1. The van der Waals surface area contributed by atoms with Gasteiger partial charge >= 0.3 is 6.03 Å². The van der Waals surface area contributed by atoms with Crippen molar-refractivity contribution < 1.29 is 9.59 Å². The van der Waals surface area contributed by atoms with Gasteiger partial charge in [-0.15, -0.1) is 0 Å². The van der Waals surface area contributed by atoms with Crippen LogP contribution in [-0.4, -0.2) is 23.4 Å². The Morgan fingerprint density at radius 1 is 1.18 bits per heavy atom. The van der Waals surface area contributed by atoms with E-state index < -0.39 is 6.03 Å². The molecule has 7 heteroatoms. The van der Waals surface area contributed by atoms with Gasteiger partial charge < -0.3 is 10.6 Å². The molecule has 1 unspecified atom stereocenters. The van der Waals surface area contributed by atoms with Crippen molar-refractivity contribution in [1.82, 2.24) is 5.43 Å². The summed E-state index contributed by atoms with van der Waals surface area (Å²) in [5.41, 5.74) is 3.29. The molecule has 0 saturated carbocycles. The molecule has 3 amide bonds. The number of carbonyl (C=O) groups excluding carboxylic acids is 2. The van der Waals surface area contributed by atoms with E-state index in [1.165, 1.54) is 6.42 Å². The van der Waals surface area contributed by atoms with Crippen molar-refractivity contribution in [3.8, 4) is 0 Å². The van der Waals surface area contributed by atoms with E-state index in [2.05, 4.69) is 24.5 Å². The molecule has 0 bridgehead atoms. The number of nitrogens with one attached hydrogen (secondary N) is 3. The predicted molar refractivity (Wildman–Crippen MR) is 92.8 cm³/mol. The van der Waals surface area contributed by atoms with Gasteiger partial charge in [0, 0.05) is 23.5 Å². The summed E-state index contributed by atoms with van der Waals surface area (Å²) in [6.45, 7) is 4.39. The highest BCUT2D eigenvalue weighted by atomic mass is 32.2. The number of nitrogens with two attached hydrogens (primary N) is 1. The third-order valence-electron chi connectivity index (χ3n) is 3.13. The third-order valence-corrected chi connectivity index (χ3v) is 4.43. The number of amides is 3. The highest BCUT2D eigenvalue weighted by molar-refractivity contribution is 7.99. The number of urea groups is 1. The summed E-state index contributed by atoms with van der Waals surface area (Å²) < 4.78 is 0. The molecule has 0 saturated heterocycles. The van der Waals surface area contributed by atoms with Gasteiger partial charge in [0.25, 0.3) is 0 Å². The van der Waals surface area contributed by atoms with Gasteiger partial charge in [0.1, 0.15) is 0 Å². The van der Waals surface area contributed by atoms with Crippen molar-refractivity contribution in [3.05, 3.63) is 24.3 Å². The van der Waals surface area contributed by atoms with E-state index in [-0.39, 0.29) is 5.91 Å². The van der Waals surface area contributed by atoms with Gasteiger partial charge in [-0.25, -0.2) is 10.6 Å². The molecular weight excluding hydrogens is 300 g/mol. The van der Waals surface area contributed by atoms with E-state index in [9.17, 15) is 9.59 Å². The number of hydrogen-bond donors (Lipinski definition) is 4. The largest absolute Gasteiger partial charge is 0.333 e. The fourth-order valence-corrected chi connectivity index (χ4v) is 2.73. The van der Waals surface area contributed by atoms with Crippen molar-refractivity contribution in [1.29, 1.82) is 0 Å². The Balaban J connectivity index is 2.31. The molecule has 0 aliphatic carbocycles. The van der Waals surface area contributed by atoms with E-state index in [0.717, 1.165) is 11.5 Å². The van der Waals surface area contributed by atoms with Gasteiger partial charge in [-0.05, 0) is 35.9 Å². The maximum absolute atomic E-state index is 11.8. The number of hydrogen-bond acceptors (Lipinski definition) is 4. The normalized spacial score (nSPS) is 11.6. The summed E-state index contributed by atoms with van der Waals surface area (Å²) in [4.78, 5) is 22.9. The van der Waals surface area contributed by atoms with Crippen LogP contribution in [0.1, 0.15) is 26.7 Å². The highest BCUT2D eigenvalue weighted by Crippen LogP contribution is 2.15. The Morgan fingerprint density at radius 2 is 1.77 bits per heavy atom. The Hall–Kier alpha value is -1.73. The van der Waals surface area contributed by atoms with Crippen molar-refractivity contribution in [2.75, 3.05) is 22.1 Å². The van der Waals surface area contributed by atoms with Crippen LogP contribution in [0.2, 0.25) is 0 Å². The van der Waals surface area contributed by atoms with Gasteiger partial charge in [-0.2, -0.15) is 11.8 Å². The molecule has 0 spiro atoms. The van der Waals surface area contributed by atoms with E-state index >= 15 is 0 Å². The maximum Gasteiger partial charge on any atom is 0.333 e. The predicted octanol–water partition coefficient (Wildman–Crippen LogP) is 2.79. The van der Waals surface area contributed by atoms with Gasteiger partial charge in [-0.1, -0.05) is 20.3 Å². The maximum atomic E-state index is 11.8. The summed E-state index contributed by atoms with van der Waals surface area (Å²) >= 11 is 1.81. The number of carbonyl (C=O) groups is 2. The Kier molecular flexibility index (Phi) is 8.39. The Morgan fingerprint density at radius 3 is 2.32 bits per heavy atom. The zero-order chi connectivity index (χ0) is 16.4. The average Bonchev–Trinajstić information content (AvgIpc) is 2.53. The van der Waals surface area contributed by atoms with Crippen LogP contribution in [0.5, 0.6) is 0 Å². The highest BCUT2D eigenvalue weighted by Gasteiger charge is 2.05. The van der Waals surface area contributed by atoms with Gasteiger partial charge in [0.05, 0.1) is 0 Å². The first-order valence-electron chi connectivity index (χ1n) is 7.30. The summed E-state index contributed by atoms with van der Waals surface area (Å²) in [5.74, 6) is 7.59. The minimum atomic E-state index is -0.491. The minimum absolute atomic E-state index is 0.00272. The van der Waals surface area contributed by atoms with Crippen LogP contribution < -0.4 is 21.9 Å². The van der Waals surface area contributed by atoms with E-state index in [1.807, 2.05) is 17.2 Å². The van der Waals surface area contributed by atoms with Crippen molar-refractivity contribution >= 4 is 35.1 Å². The lowest BCUT2D eigenvalue weighted by Gasteiger charge is -2.09. The monoisotopic (exact) mass is 324 g/mol. The van der Waals surface area contributed by atoms with Gasteiger partial charge in [0.15, 0.2) is 0 Å². The SMILES string of the molecule is CCC(C)CSCCC(=O)Nc1ccc(NC(=O)NN)cc1. The molecule has 1 atom stereocenters. The quantitative estimate of drug-likeness (QED) is 0.256. The molecule has 1 aromatic carbocycles. The molecule has 122 valence electrons. The molecule has 6 nitrogen and oxygen atoms in total. The van der Waals surface area contributed by atoms with E-state index in [1.54, 1.807) is 24.3 Å². The molecule has 5 N–H and O–H groups in total. The number of benzene rings is 1. The van der Waals surface area contributed by atoms with Crippen LogP contribution in [-0.2, 0) is 4.79 Å². The van der Waals surface area contributed by atoms with Crippen LogP contribution in [0, 0.1) is 5.92 Å². The van der Waals surface area contributed by atoms with Crippen molar-refractivity contribution in [2.45, 2.75) is 26.7 Å². The lowest BCUT2D eigenvalue weighted by atomic mass is 10.2. The molecule has 0 aliphatic heterocycles. The van der Waals surface area contributed by atoms with Crippen LogP contribution in [0.4, 0.5) is 16.2 Å². The fraction of sp³-hybridized carbons (Fsp3) is 0.467. The molecule has 0 aromatic heterocycles. The molecular formula is C15H24N4O2S. The molecule has 0 aliphatic rings. The first-order chi connectivity index (χ1) is 10.5. The van der Waals surface area contributed by atoms with Crippen LogP contribution in [0.3, 0.4) is 0 Å².